The second-order valence-corrected chi connectivity index (χ2v) is 7.39. The van der Waals surface area contributed by atoms with E-state index in [9.17, 15) is 0 Å². The van der Waals surface area contributed by atoms with Crippen LogP contribution in [0.25, 0.3) is 0 Å². The van der Waals surface area contributed by atoms with E-state index in [4.69, 9.17) is 15.2 Å². The van der Waals surface area contributed by atoms with Gasteiger partial charge in [0.15, 0.2) is 11.5 Å². The first-order chi connectivity index (χ1) is 11.7. The predicted molar refractivity (Wildman–Crippen MR) is 99.3 cm³/mol. The molecule has 0 saturated heterocycles. The Hall–Kier alpha value is -1.56. The van der Waals surface area contributed by atoms with Gasteiger partial charge in [0, 0.05) is 29.4 Å². The van der Waals surface area contributed by atoms with Gasteiger partial charge in [-0.25, -0.2) is 0 Å². The van der Waals surface area contributed by atoms with Crippen molar-refractivity contribution in [2.75, 3.05) is 33.9 Å². The van der Waals surface area contributed by atoms with Gasteiger partial charge in [0.25, 0.3) is 0 Å². The highest BCUT2D eigenvalue weighted by molar-refractivity contribution is 7.12. The van der Waals surface area contributed by atoms with Crippen LogP contribution in [0.15, 0.2) is 24.3 Å². The third-order valence-electron chi connectivity index (χ3n) is 4.55. The van der Waals surface area contributed by atoms with Crippen LogP contribution in [0.4, 0.5) is 0 Å². The lowest BCUT2D eigenvalue weighted by molar-refractivity contribution is 0.259. The summed E-state index contributed by atoms with van der Waals surface area (Å²) >= 11 is 1.95. The molecule has 130 valence electrons. The van der Waals surface area contributed by atoms with Crippen LogP contribution in [0, 0.1) is 0 Å². The average Bonchev–Trinajstić information content (AvgIpc) is 3.01. The SMILES string of the molecule is COc1ccc(CCN2CCc3sc(CCN)cc3C2)cc1OC. The summed E-state index contributed by atoms with van der Waals surface area (Å²) in [6, 6.07) is 8.55. The molecule has 0 unspecified atom stereocenters. The van der Waals surface area contributed by atoms with Crippen LogP contribution in [0.3, 0.4) is 0 Å². The molecule has 0 atom stereocenters. The zero-order chi connectivity index (χ0) is 16.9. The van der Waals surface area contributed by atoms with E-state index < -0.39 is 0 Å². The molecule has 5 heteroatoms. The molecule has 1 aliphatic rings. The van der Waals surface area contributed by atoms with Crippen LogP contribution in [0.5, 0.6) is 11.5 Å². The van der Waals surface area contributed by atoms with Crippen molar-refractivity contribution in [3.8, 4) is 11.5 Å². The number of hydrogen-bond donors (Lipinski definition) is 1. The van der Waals surface area contributed by atoms with Crippen molar-refractivity contribution in [2.45, 2.75) is 25.8 Å². The Morgan fingerprint density at radius 3 is 2.71 bits per heavy atom. The minimum Gasteiger partial charge on any atom is -0.493 e. The smallest absolute Gasteiger partial charge is 0.160 e. The minimum absolute atomic E-state index is 0.739. The fourth-order valence-corrected chi connectivity index (χ4v) is 4.42. The molecule has 1 aliphatic heterocycles. The first-order valence-corrected chi connectivity index (χ1v) is 9.29. The van der Waals surface area contributed by atoms with Crippen LogP contribution >= 0.6 is 11.3 Å². The Balaban J connectivity index is 1.59. The fourth-order valence-electron chi connectivity index (χ4n) is 3.23. The van der Waals surface area contributed by atoms with E-state index in [1.165, 1.54) is 16.0 Å². The molecule has 0 amide bonds. The lowest BCUT2D eigenvalue weighted by atomic mass is 10.1. The lowest BCUT2D eigenvalue weighted by Crippen LogP contribution is -2.31. The van der Waals surface area contributed by atoms with Gasteiger partial charge >= 0.3 is 0 Å². The average molecular weight is 346 g/mol. The largest absolute Gasteiger partial charge is 0.493 e. The van der Waals surface area contributed by atoms with Gasteiger partial charge in [-0.1, -0.05) is 6.07 Å². The number of hydrogen-bond acceptors (Lipinski definition) is 5. The molecule has 2 heterocycles. The molecule has 1 aromatic heterocycles. The maximum absolute atomic E-state index is 5.68. The second-order valence-electron chi connectivity index (χ2n) is 6.17. The molecule has 0 spiro atoms. The van der Waals surface area contributed by atoms with Crippen molar-refractivity contribution in [1.29, 1.82) is 0 Å². The first kappa shape index (κ1) is 17.3. The topological polar surface area (TPSA) is 47.7 Å². The van der Waals surface area contributed by atoms with Gasteiger partial charge in [-0.2, -0.15) is 0 Å². The maximum Gasteiger partial charge on any atom is 0.160 e. The zero-order valence-electron chi connectivity index (χ0n) is 14.5. The van der Waals surface area contributed by atoms with Gasteiger partial charge in [0.1, 0.15) is 0 Å². The number of thiophene rings is 1. The van der Waals surface area contributed by atoms with E-state index >= 15 is 0 Å². The van der Waals surface area contributed by atoms with Crippen molar-refractivity contribution in [1.82, 2.24) is 4.90 Å². The normalized spacial score (nSPS) is 14.5. The van der Waals surface area contributed by atoms with Crippen molar-refractivity contribution < 1.29 is 9.47 Å². The molecule has 3 rings (SSSR count). The monoisotopic (exact) mass is 346 g/mol. The third kappa shape index (κ3) is 3.91. The summed E-state index contributed by atoms with van der Waals surface area (Å²) < 4.78 is 10.7. The molecule has 2 N–H and O–H groups in total. The van der Waals surface area contributed by atoms with Gasteiger partial charge in [0.05, 0.1) is 14.2 Å². The number of ether oxygens (including phenoxy) is 2. The van der Waals surface area contributed by atoms with Gasteiger partial charge in [-0.15, -0.1) is 11.3 Å². The van der Waals surface area contributed by atoms with Gasteiger partial charge < -0.3 is 15.2 Å². The summed E-state index contributed by atoms with van der Waals surface area (Å²) in [7, 11) is 3.35. The van der Waals surface area contributed by atoms with Crippen LogP contribution in [0.2, 0.25) is 0 Å². The molecule has 24 heavy (non-hydrogen) atoms. The van der Waals surface area contributed by atoms with E-state index in [0.29, 0.717) is 0 Å². The molecule has 0 fully saturated rings. The Kier molecular flexibility index (Phi) is 5.76. The summed E-state index contributed by atoms with van der Waals surface area (Å²) in [5, 5.41) is 0. The molecular formula is C19H26N2O2S. The highest BCUT2D eigenvalue weighted by Crippen LogP contribution is 2.30. The van der Waals surface area contributed by atoms with E-state index in [1.54, 1.807) is 19.1 Å². The van der Waals surface area contributed by atoms with Gasteiger partial charge in [-0.05, 0) is 55.1 Å². The van der Waals surface area contributed by atoms with E-state index in [-0.39, 0.29) is 0 Å². The first-order valence-electron chi connectivity index (χ1n) is 8.47. The van der Waals surface area contributed by atoms with Crippen molar-refractivity contribution >= 4 is 11.3 Å². The molecule has 0 radical (unpaired) electrons. The van der Waals surface area contributed by atoms with Crippen molar-refractivity contribution in [2.24, 2.45) is 5.73 Å². The van der Waals surface area contributed by atoms with E-state index in [2.05, 4.69) is 23.1 Å². The number of methoxy groups -OCH3 is 2. The minimum atomic E-state index is 0.739. The predicted octanol–water partition coefficient (Wildman–Crippen LogP) is 2.87. The van der Waals surface area contributed by atoms with Crippen LogP contribution in [-0.4, -0.2) is 38.8 Å². The third-order valence-corrected chi connectivity index (χ3v) is 5.85. The molecule has 1 aromatic carbocycles. The second kappa shape index (κ2) is 8.01. The summed E-state index contributed by atoms with van der Waals surface area (Å²) in [4.78, 5) is 5.53. The molecule has 0 bridgehead atoms. The summed E-state index contributed by atoms with van der Waals surface area (Å²) in [5.74, 6) is 1.59. The number of benzene rings is 1. The van der Waals surface area contributed by atoms with Crippen LogP contribution < -0.4 is 15.2 Å². The Morgan fingerprint density at radius 1 is 1.12 bits per heavy atom. The molecule has 2 aromatic rings. The standard InChI is InChI=1S/C19H26N2O2S/c1-22-17-4-3-14(11-18(17)23-2)6-9-21-10-7-19-15(13-21)12-16(24-19)5-8-20/h3-4,11-12H,5-10,13,20H2,1-2H3. The van der Waals surface area contributed by atoms with Crippen molar-refractivity contribution in [3.05, 3.63) is 45.1 Å². The Bertz CT molecular complexity index is 684. The van der Waals surface area contributed by atoms with E-state index in [0.717, 1.165) is 56.9 Å². The maximum atomic E-state index is 5.68. The number of nitrogens with two attached hydrogens (primary N) is 1. The summed E-state index contributed by atoms with van der Waals surface area (Å²) in [5.41, 5.74) is 8.47. The highest BCUT2D eigenvalue weighted by atomic mass is 32.1. The van der Waals surface area contributed by atoms with Crippen molar-refractivity contribution in [3.63, 3.8) is 0 Å². The number of fused-ring (bicyclic) bond motifs is 1. The van der Waals surface area contributed by atoms with E-state index in [1.807, 2.05) is 17.4 Å². The molecule has 0 saturated carbocycles. The highest BCUT2D eigenvalue weighted by Gasteiger charge is 2.19. The number of rotatable bonds is 7. The summed E-state index contributed by atoms with van der Waals surface area (Å²) in [6.07, 6.45) is 3.19. The molecular weight excluding hydrogens is 320 g/mol. The lowest BCUT2D eigenvalue weighted by Gasteiger charge is -2.26. The number of nitrogens with zero attached hydrogens (tertiary/aromatic N) is 1. The quantitative estimate of drug-likeness (QED) is 0.837. The molecule has 4 nitrogen and oxygen atoms in total. The molecule has 0 aliphatic carbocycles. The van der Waals surface area contributed by atoms with Crippen LogP contribution in [0.1, 0.15) is 20.9 Å². The fraction of sp³-hybridized carbons (Fsp3) is 0.474. The van der Waals surface area contributed by atoms with Gasteiger partial charge in [-0.3, -0.25) is 4.90 Å². The Morgan fingerprint density at radius 2 is 1.96 bits per heavy atom. The van der Waals surface area contributed by atoms with Crippen LogP contribution in [-0.2, 0) is 25.8 Å². The Labute approximate surface area is 148 Å². The summed E-state index contributed by atoms with van der Waals surface area (Å²) in [6.45, 7) is 4.01. The zero-order valence-corrected chi connectivity index (χ0v) is 15.3. The van der Waals surface area contributed by atoms with Gasteiger partial charge in [0.2, 0.25) is 0 Å².